The highest BCUT2D eigenvalue weighted by atomic mass is 19.1. The van der Waals surface area contributed by atoms with Gasteiger partial charge in [-0.2, -0.15) is 0 Å². The molecule has 0 radical (unpaired) electrons. The minimum absolute atomic E-state index is 0.0148. The fourth-order valence-corrected chi connectivity index (χ4v) is 4.67. The molecule has 1 aromatic carbocycles. The van der Waals surface area contributed by atoms with Crippen molar-refractivity contribution in [3.05, 3.63) is 29.8 Å². The van der Waals surface area contributed by atoms with Gasteiger partial charge in [0.1, 0.15) is 29.6 Å². The molecule has 0 bridgehead atoms. The van der Waals surface area contributed by atoms with Crippen molar-refractivity contribution in [3.8, 4) is 5.75 Å². The lowest BCUT2D eigenvalue weighted by molar-refractivity contribution is -0.147. The van der Waals surface area contributed by atoms with Gasteiger partial charge in [0.25, 0.3) is 0 Å². The third-order valence-electron chi connectivity index (χ3n) is 6.55. The van der Waals surface area contributed by atoms with Gasteiger partial charge in [0, 0.05) is 37.3 Å². The minimum atomic E-state index is -1.46. The summed E-state index contributed by atoms with van der Waals surface area (Å²) in [5.41, 5.74) is -1.14. The standard InChI is InChI=1S/C22H33F2NO3/c1-21(2,3)15-4-6-18(7-5-15)25-9-8-20(26)22(27,13-25)14-28-19-11-16(23)10-17(24)12-19/h10-12,15,18,20,26-27H,4-9,13-14H2,1-3H3/t15?,18?,20-,22-/m0/s1. The second kappa shape index (κ2) is 8.25. The lowest BCUT2D eigenvalue weighted by atomic mass is 9.71. The summed E-state index contributed by atoms with van der Waals surface area (Å²) in [6.07, 6.45) is 4.05. The molecule has 6 heteroatoms. The van der Waals surface area contributed by atoms with E-state index in [9.17, 15) is 19.0 Å². The zero-order valence-electron chi connectivity index (χ0n) is 17.1. The first-order valence-corrected chi connectivity index (χ1v) is 10.3. The normalized spacial score (nSPS) is 32.3. The molecule has 2 N–H and O–H groups in total. The monoisotopic (exact) mass is 397 g/mol. The number of rotatable bonds is 4. The quantitative estimate of drug-likeness (QED) is 0.813. The maximum absolute atomic E-state index is 13.3. The third kappa shape index (κ3) is 5.02. The van der Waals surface area contributed by atoms with E-state index >= 15 is 0 Å². The molecule has 1 aliphatic carbocycles. The molecule has 28 heavy (non-hydrogen) atoms. The lowest BCUT2D eigenvalue weighted by Gasteiger charge is -2.47. The molecular weight excluding hydrogens is 364 g/mol. The molecular formula is C22H33F2NO3. The van der Waals surface area contributed by atoms with E-state index in [4.69, 9.17) is 4.74 Å². The molecule has 1 saturated carbocycles. The van der Waals surface area contributed by atoms with Crippen LogP contribution in [0, 0.1) is 23.0 Å². The first-order chi connectivity index (χ1) is 13.1. The number of piperidine rings is 1. The Hall–Kier alpha value is -1.24. The van der Waals surface area contributed by atoms with Crippen LogP contribution in [0.4, 0.5) is 8.78 Å². The van der Waals surface area contributed by atoms with Crippen LogP contribution >= 0.6 is 0 Å². The van der Waals surface area contributed by atoms with E-state index in [1.165, 1.54) is 12.8 Å². The maximum atomic E-state index is 13.3. The van der Waals surface area contributed by atoms with Gasteiger partial charge in [-0.15, -0.1) is 0 Å². The Morgan fingerprint density at radius 3 is 2.25 bits per heavy atom. The highest BCUT2D eigenvalue weighted by Crippen LogP contribution is 2.40. The van der Waals surface area contributed by atoms with Crippen molar-refractivity contribution in [3.63, 3.8) is 0 Å². The van der Waals surface area contributed by atoms with Gasteiger partial charge in [-0.1, -0.05) is 20.8 Å². The van der Waals surface area contributed by atoms with Gasteiger partial charge in [0.05, 0.1) is 6.10 Å². The summed E-state index contributed by atoms with van der Waals surface area (Å²) in [6, 6.07) is 3.32. The average Bonchev–Trinajstić information content (AvgIpc) is 2.61. The summed E-state index contributed by atoms with van der Waals surface area (Å²) in [6.45, 7) is 7.71. The number of ether oxygens (including phenoxy) is 1. The van der Waals surface area contributed by atoms with E-state index in [-0.39, 0.29) is 12.4 Å². The number of hydrogen-bond donors (Lipinski definition) is 2. The molecule has 0 spiro atoms. The molecule has 1 aromatic rings. The number of nitrogens with zero attached hydrogens (tertiary/aromatic N) is 1. The molecule has 1 saturated heterocycles. The van der Waals surface area contributed by atoms with E-state index < -0.39 is 23.3 Å². The second-order valence-electron chi connectivity index (χ2n) is 9.64. The molecule has 3 rings (SSSR count). The number of aliphatic hydroxyl groups excluding tert-OH is 1. The summed E-state index contributed by atoms with van der Waals surface area (Å²) in [5.74, 6) is -0.739. The van der Waals surface area contributed by atoms with Crippen molar-refractivity contribution < 1.29 is 23.7 Å². The predicted molar refractivity (Wildman–Crippen MR) is 104 cm³/mol. The Balaban J connectivity index is 1.60. The van der Waals surface area contributed by atoms with E-state index in [1.54, 1.807) is 0 Å². The van der Waals surface area contributed by atoms with Crippen LogP contribution in [0.3, 0.4) is 0 Å². The molecule has 2 atom stereocenters. The van der Waals surface area contributed by atoms with Gasteiger partial charge in [-0.25, -0.2) is 8.78 Å². The average molecular weight is 398 g/mol. The van der Waals surface area contributed by atoms with Crippen LogP contribution in [0.15, 0.2) is 18.2 Å². The Bertz CT molecular complexity index is 650. The number of benzene rings is 1. The molecule has 2 aliphatic rings. The zero-order chi connectivity index (χ0) is 20.5. The van der Waals surface area contributed by atoms with Crippen molar-refractivity contribution in [2.24, 2.45) is 11.3 Å². The van der Waals surface area contributed by atoms with E-state index in [1.807, 2.05) is 0 Å². The zero-order valence-corrected chi connectivity index (χ0v) is 17.1. The SMILES string of the molecule is CC(C)(C)C1CCC(N2CC[C@H](O)[C@@](O)(COc3cc(F)cc(F)c3)C2)CC1. The van der Waals surface area contributed by atoms with Crippen LogP contribution in [0.1, 0.15) is 52.9 Å². The summed E-state index contributed by atoms with van der Waals surface area (Å²) in [4.78, 5) is 2.25. The fraction of sp³-hybridized carbons (Fsp3) is 0.727. The number of hydrogen-bond acceptors (Lipinski definition) is 4. The van der Waals surface area contributed by atoms with Crippen LogP contribution in [-0.4, -0.2) is 52.6 Å². The number of likely N-dealkylation sites (tertiary alicyclic amines) is 1. The first-order valence-electron chi connectivity index (χ1n) is 10.3. The van der Waals surface area contributed by atoms with E-state index in [2.05, 4.69) is 25.7 Å². The molecule has 4 nitrogen and oxygen atoms in total. The highest BCUT2D eigenvalue weighted by Gasteiger charge is 2.44. The molecule has 1 heterocycles. The molecule has 158 valence electrons. The van der Waals surface area contributed by atoms with Crippen LogP contribution in [0.25, 0.3) is 0 Å². The van der Waals surface area contributed by atoms with Crippen molar-refractivity contribution in [1.29, 1.82) is 0 Å². The molecule has 0 aromatic heterocycles. The first kappa shape index (κ1) is 21.5. The van der Waals surface area contributed by atoms with Gasteiger partial charge in [0.2, 0.25) is 0 Å². The second-order valence-corrected chi connectivity index (χ2v) is 9.64. The Labute approximate surface area is 166 Å². The number of halogens is 2. The molecule has 0 unspecified atom stereocenters. The number of aliphatic hydroxyl groups is 2. The van der Waals surface area contributed by atoms with Crippen molar-refractivity contribution >= 4 is 0 Å². The minimum Gasteiger partial charge on any atom is -0.490 e. The Morgan fingerprint density at radius 1 is 1.07 bits per heavy atom. The topological polar surface area (TPSA) is 52.9 Å². The van der Waals surface area contributed by atoms with Gasteiger partial charge in [0.15, 0.2) is 0 Å². The van der Waals surface area contributed by atoms with Gasteiger partial charge in [-0.3, -0.25) is 4.90 Å². The summed E-state index contributed by atoms with van der Waals surface area (Å²) < 4.78 is 32.2. The van der Waals surface area contributed by atoms with Crippen LogP contribution in [-0.2, 0) is 0 Å². The Kier molecular flexibility index (Phi) is 6.32. The molecule has 1 aliphatic heterocycles. The molecule has 0 amide bonds. The van der Waals surface area contributed by atoms with E-state index in [0.29, 0.717) is 30.3 Å². The Morgan fingerprint density at radius 2 is 1.68 bits per heavy atom. The summed E-state index contributed by atoms with van der Waals surface area (Å²) >= 11 is 0. The predicted octanol–water partition coefficient (Wildman–Crippen LogP) is 3.75. The van der Waals surface area contributed by atoms with Crippen molar-refractivity contribution in [1.82, 2.24) is 4.90 Å². The fourth-order valence-electron chi connectivity index (χ4n) is 4.67. The lowest BCUT2D eigenvalue weighted by Crippen LogP contribution is -2.62. The largest absolute Gasteiger partial charge is 0.490 e. The van der Waals surface area contributed by atoms with Crippen molar-refractivity contribution in [2.45, 2.75) is 70.6 Å². The smallest absolute Gasteiger partial charge is 0.137 e. The number of β-amino-alcohol motifs (C(OH)–C–C–N with tert-alkyl or cyclic N) is 1. The van der Waals surface area contributed by atoms with Crippen LogP contribution in [0.2, 0.25) is 0 Å². The third-order valence-corrected chi connectivity index (χ3v) is 6.55. The van der Waals surface area contributed by atoms with Crippen LogP contribution in [0.5, 0.6) is 5.75 Å². The summed E-state index contributed by atoms with van der Waals surface area (Å²) in [7, 11) is 0. The van der Waals surface area contributed by atoms with Gasteiger partial charge in [-0.05, 0) is 43.4 Å². The van der Waals surface area contributed by atoms with E-state index in [0.717, 1.165) is 37.6 Å². The molecule has 2 fully saturated rings. The maximum Gasteiger partial charge on any atom is 0.137 e. The highest BCUT2D eigenvalue weighted by molar-refractivity contribution is 5.24. The van der Waals surface area contributed by atoms with Crippen LogP contribution < -0.4 is 4.74 Å². The van der Waals surface area contributed by atoms with Gasteiger partial charge >= 0.3 is 0 Å². The van der Waals surface area contributed by atoms with Crippen molar-refractivity contribution in [2.75, 3.05) is 19.7 Å². The summed E-state index contributed by atoms with van der Waals surface area (Å²) in [5, 5.41) is 21.4. The van der Waals surface area contributed by atoms with Gasteiger partial charge < -0.3 is 14.9 Å².